The maximum atomic E-state index is 5.89. The van der Waals surface area contributed by atoms with E-state index >= 15 is 0 Å². The lowest BCUT2D eigenvalue weighted by molar-refractivity contribution is 0.222. The minimum atomic E-state index is 0.236. The molecule has 0 amide bonds. The number of aromatic nitrogens is 1. The van der Waals surface area contributed by atoms with Crippen LogP contribution in [-0.4, -0.2) is 11.5 Å². The summed E-state index contributed by atoms with van der Waals surface area (Å²) in [5.74, 6) is 0. The number of halogens is 1. The van der Waals surface area contributed by atoms with E-state index in [4.69, 9.17) is 17.3 Å². The number of hydrogen-bond acceptors (Lipinski definition) is 2. The third-order valence-corrected chi connectivity index (χ3v) is 3.40. The summed E-state index contributed by atoms with van der Waals surface area (Å²) in [6.45, 7) is 0.730. The number of pyridine rings is 1. The van der Waals surface area contributed by atoms with Gasteiger partial charge >= 0.3 is 0 Å². The molecule has 1 aliphatic rings. The minimum Gasteiger partial charge on any atom is -0.330 e. The number of rotatable bonds is 3. The Bertz CT molecular complexity index is 321. The number of nitrogens with zero attached hydrogens (tertiary/aromatic N) is 1. The van der Waals surface area contributed by atoms with Gasteiger partial charge in [0, 0.05) is 11.1 Å². The van der Waals surface area contributed by atoms with Gasteiger partial charge in [-0.3, -0.25) is 0 Å². The summed E-state index contributed by atoms with van der Waals surface area (Å²) in [6, 6.07) is 5.86. The van der Waals surface area contributed by atoms with Gasteiger partial charge in [0.05, 0.1) is 0 Å². The summed E-state index contributed by atoms with van der Waals surface area (Å²) >= 11 is 5.89. The van der Waals surface area contributed by atoms with Gasteiger partial charge in [0.15, 0.2) is 0 Å². The van der Waals surface area contributed by atoms with Gasteiger partial charge in [0.2, 0.25) is 0 Å². The van der Waals surface area contributed by atoms with Crippen molar-refractivity contribution in [3.8, 4) is 0 Å². The average Bonchev–Trinajstić information content (AvgIpc) is 2.11. The highest BCUT2D eigenvalue weighted by atomic mass is 35.5. The highest BCUT2D eigenvalue weighted by Crippen LogP contribution is 2.45. The van der Waals surface area contributed by atoms with Crippen molar-refractivity contribution in [1.82, 2.24) is 4.98 Å². The Morgan fingerprint density at radius 1 is 1.43 bits per heavy atom. The molecule has 1 saturated carbocycles. The summed E-state index contributed by atoms with van der Waals surface area (Å²) < 4.78 is 0. The first-order valence-electron chi connectivity index (χ1n) is 5.10. The second-order valence-electron chi connectivity index (χ2n) is 4.02. The van der Waals surface area contributed by atoms with Crippen molar-refractivity contribution in [2.45, 2.75) is 31.1 Å². The normalized spacial score (nSPS) is 19.0. The molecule has 2 rings (SSSR count). The van der Waals surface area contributed by atoms with Crippen LogP contribution >= 0.6 is 11.6 Å². The van der Waals surface area contributed by atoms with Crippen LogP contribution in [0, 0.1) is 0 Å². The number of nitrogens with two attached hydrogens (primary N) is 1. The molecule has 1 aromatic rings. The second-order valence-corrected chi connectivity index (χ2v) is 4.41. The lowest BCUT2D eigenvalue weighted by atomic mass is 9.64. The van der Waals surface area contributed by atoms with Gasteiger partial charge in [-0.2, -0.15) is 0 Å². The van der Waals surface area contributed by atoms with Crippen LogP contribution in [0.4, 0.5) is 0 Å². The van der Waals surface area contributed by atoms with Crippen molar-refractivity contribution in [1.29, 1.82) is 0 Å². The van der Waals surface area contributed by atoms with Crippen molar-refractivity contribution in [2.24, 2.45) is 5.73 Å². The van der Waals surface area contributed by atoms with Crippen molar-refractivity contribution < 1.29 is 0 Å². The molecule has 0 bridgehead atoms. The van der Waals surface area contributed by atoms with Crippen LogP contribution in [0.15, 0.2) is 18.2 Å². The fraction of sp³-hybridized carbons (Fsp3) is 0.545. The van der Waals surface area contributed by atoms with E-state index in [1.165, 1.54) is 19.3 Å². The molecular weight excluding hydrogens is 196 g/mol. The summed E-state index contributed by atoms with van der Waals surface area (Å²) in [7, 11) is 0. The first-order chi connectivity index (χ1) is 6.77. The molecule has 0 atom stereocenters. The standard InChI is InChI=1S/C11H15ClN2/c12-10-4-1-3-9(14-10)11(7-8-13)5-2-6-11/h1,3-4H,2,5-8,13H2. The van der Waals surface area contributed by atoms with Gasteiger partial charge < -0.3 is 5.73 Å². The smallest absolute Gasteiger partial charge is 0.129 e. The molecule has 0 spiro atoms. The van der Waals surface area contributed by atoms with Crippen LogP contribution in [-0.2, 0) is 5.41 Å². The second kappa shape index (κ2) is 3.87. The maximum absolute atomic E-state index is 5.89. The Labute approximate surface area is 89.5 Å². The molecule has 0 aromatic carbocycles. The molecule has 1 fully saturated rings. The van der Waals surface area contributed by atoms with Crippen molar-refractivity contribution in [3.05, 3.63) is 29.0 Å². The highest BCUT2D eigenvalue weighted by molar-refractivity contribution is 6.29. The van der Waals surface area contributed by atoms with E-state index in [9.17, 15) is 0 Å². The predicted octanol–water partition coefficient (Wildman–Crippen LogP) is 2.51. The Morgan fingerprint density at radius 3 is 2.71 bits per heavy atom. The SMILES string of the molecule is NCCC1(c2cccc(Cl)n2)CCC1. The average molecular weight is 211 g/mol. The Balaban J connectivity index is 2.27. The van der Waals surface area contributed by atoms with Gasteiger partial charge in [-0.05, 0) is 37.9 Å². The Morgan fingerprint density at radius 2 is 2.21 bits per heavy atom. The molecule has 0 saturated heterocycles. The molecule has 0 aliphatic heterocycles. The number of hydrogen-bond donors (Lipinski definition) is 1. The molecule has 14 heavy (non-hydrogen) atoms. The highest BCUT2D eigenvalue weighted by Gasteiger charge is 2.38. The first kappa shape index (κ1) is 9.94. The van der Waals surface area contributed by atoms with E-state index in [0.717, 1.165) is 18.7 Å². The molecule has 0 unspecified atom stereocenters. The lowest BCUT2D eigenvalue weighted by Crippen LogP contribution is -2.37. The topological polar surface area (TPSA) is 38.9 Å². The summed E-state index contributed by atoms with van der Waals surface area (Å²) in [6.07, 6.45) is 4.73. The van der Waals surface area contributed by atoms with Gasteiger partial charge in [-0.15, -0.1) is 0 Å². The first-order valence-corrected chi connectivity index (χ1v) is 5.48. The van der Waals surface area contributed by atoms with Crippen LogP contribution in [0.2, 0.25) is 5.15 Å². The zero-order valence-corrected chi connectivity index (χ0v) is 8.93. The zero-order valence-electron chi connectivity index (χ0n) is 8.17. The fourth-order valence-electron chi connectivity index (χ4n) is 2.22. The van der Waals surface area contributed by atoms with E-state index in [1.807, 2.05) is 12.1 Å². The van der Waals surface area contributed by atoms with Crippen LogP contribution in [0.1, 0.15) is 31.4 Å². The third kappa shape index (κ3) is 1.64. The summed E-state index contributed by atoms with van der Waals surface area (Å²) in [5.41, 5.74) is 7.00. The zero-order chi connectivity index (χ0) is 10.0. The van der Waals surface area contributed by atoms with E-state index in [2.05, 4.69) is 11.1 Å². The Kier molecular flexibility index (Phi) is 2.75. The Hall–Kier alpha value is -0.600. The van der Waals surface area contributed by atoms with E-state index in [0.29, 0.717) is 5.15 Å². The summed E-state index contributed by atoms with van der Waals surface area (Å²) in [4.78, 5) is 4.40. The van der Waals surface area contributed by atoms with Gasteiger partial charge in [-0.1, -0.05) is 24.1 Å². The van der Waals surface area contributed by atoms with Gasteiger partial charge in [-0.25, -0.2) is 4.98 Å². The monoisotopic (exact) mass is 210 g/mol. The molecule has 3 heteroatoms. The van der Waals surface area contributed by atoms with E-state index < -0.39 is 0 Å². The molecule has 2 nitrogen and oxygen atoms in total. The van der Waals surface area contributed by atoms with Gasteiger partial charge in [0.1, 0.15) is 5.15 Å². The molecule has 76 valence electrons. The molecular formula is C11H15ClN2. The third-order valence-electron chi connectivity index (χ3n) is 3.19. The van der Waals surface area contributed by atoms with Crippen molar-refractivity contribution >= 4 is 11.6 Å². The van der Waals surface area contributed by atoms with E-state index in [-0.39, 0.29) is 5.41 Å². The maximum Gasteiger partial charge on any atom is 0.129 e. The predicted molar refractivity (Wildman–Crippen MR) is 58.4 cm³/mol. The molecule has 0 radical (unpaired) electrons. The molecule has 1 heterocycles. The van der Waals surface area contributed by atoms with Gasteiger partial charge in [0.25, 0.3) is 0 Å². The van der Waals surface area contributed by atoms with Crippen LogP contribution in [0.3, 0.4) is 0 Å². The summed E-state index contributed by atoms with van der Waals surface area (Å²) in [5, 5.41) is 0.589. The molecule has 2 N–H and O–H groups in total. The van der Waals surface area contributed by atoms with E-state index in [1.54, 1.807) is 0 Å². The minimum absolute atomic E-state index is 0.236. The van der Waals surface area contributed by atoms with Crippen LogP contribution in [0.25, 0.3) is 0 Å². The van der Waals surface area contributed by atoms with Crippen molar-refractivity contribution in [2.75, 3.05) is 6.54 Å². The van der Waals surface area contributed by atoms with Crippen LogP contribution < -0.4 is 5.73 Å². The van der Waals surface area contributed by atoms with Crippen molar-refractivity contribution in [3.63, 3.8) is 0 Å². The quantitative estimate of drug-likeness (QED) is 0.779. The lowest BCUT2D eigenvalue weighted by Gasteiger charge is -2.41. The van der Waals surface area contributed by atoms with Crippen LogP contribution in [0.5, 0.6) is 0 Å². The largest absolute Gasteiger partial charge is 0.330 e. The fourth-order valence-corrected chi connectivity index (χ4v) is 2.38. The molecule has 1 aliphatic carbocycles. The molecule has 1 aromatic heterocycles.